The Balaban J connectivity index is 0.000000109. The van der Waals surface area contributed by atoms with Crippen LogP contribution in [0.15, 0.2) is 285 Å². The standard InChI is InChI=1S/C26H19N3O5.C25H17ClN4O5.C25H16N4O5.C24H15N5O5/c30-24-17-5-2-1-4-16(17)15(12-28-24)13-29-19-8-7-14-9-11-34-23(14)21(19)20(22(29)26(32)33)18-6-3-10-27-25(18)31;26-19-13(10-29-20-15(19)5-8-28-24(20)32)11-30-16-4-3-12-6-9-35-22(12)18(16)17(21(30)25(33)34)14-2-1-7-27-23(14)31;30-23-15(5-3-10-26-23)19-20-18(8-7-13-9-11-34-22(13)20)29(21(19)24(31)32)12-17-14-4-1-2-6-16(14)27-25(33)28-17;30-22-14(2-1-6-25-22)17-18-16(4-3-13-5-7-34-20(13)18)29(19(17)24(32)33)10-12-8-15-21(26-9-12)27-11-28-23(15)31/h1-8,10,12H,9,11,13H2,(H,27,31)(H,28,30)(H,32,33);1-5,7-8,10H,6,9,11H2,(H,27,31)(H,28,32)(H,33,34);1-11H,12H2,(H,26,30)(H,31,32)(H,27,28,33);1-9,11H,10H2,(H,25,30)(H,32,33)(H,26,27,28,31). The Morgan fingerprint density at radius 3 is 1.36 bits per heavy atom. The summed E-state index contributed by atoms with van der Waals surface area (Å²) in [6.07, 6.45) is 17.8. The molecule has 0 atom stereocenters. The maximum absolute atomic E-state index is 12.8. The van der Waals surface area contributed by atoms with Gasteiger partial charge in [0.25, 0.3) is 38.9 Å². The highest BCUT2D eigenvalue weighted by Crippen LogP contribution is 2.48. The summed E-state index contributed by atoms with van der Waals surface area (Å²) >= 11 is 6.66. The van der Waals surface area contributed by atoms with Crippen LogP contribution in [-0.2, 0) is 39.0 Å². The summed E-state index contributed by atoms with van der Waals surface area (Å²) in [4.78, 5) is 188. The number of aromatic nitrogens is 16. The van der Waals surface area contributed by atoms with Crippen molar-refractivity contribution in [3.05, 3.63) is 383 Å². The summed E-state index contributed by atoms with van der Waals surface area (Å²) in [6.45, 7) is 1.33. The number of pyridine rings is 8. The number of H-pyrrole nitrogens is 8. The molecule has 0 amide bonds. The Hall–Kier alpha value is -18.9. The fraction of sp³-hybridized carbons (Fsp3) is 0.0800. The lowest BCUT2D eigenvalue weighted by Gasteiger charge is -2.12. The summed E-state index contributed by atoms with van der Waals surface area (Å²) in [5.74, 6) is -3.58. The van der Waals surface area contributed by atoms with E-state index in [-0.39, 0.29) is 121 Å². The van der Waals surface area contributed by atoms with Gasteiger partial charge in [-0.2, -0.15) is 4.98 Å². The Morgan fingerprint density at radius 2 is 0.847 bits per heavy atom. The number of hydrogen-bond donors (Lipinski definition) is 12. The first kappa shape index (κ1) is 84.9. The number of nitrogens with zero attached hydrogens (tertiary/aromatic N) is 8. The van der Waals surface area contributed by atoms with Gasteiger partial charge in [0.2, 0.25) is 0 Å². The van der Waals surface area contributed by atoms with Crippen LogP contribution in [0.25, 0.3) is 154 Å². The first-order valence-corrected chi connectivity index (χ1v) is 42.8. The summed E-state index contributed by atoms with van der Waals surface area (Å²) in [7, 11) is 0. The van der Waals surface area contributed by atoms with E-state index in [9.17, 15) is 78.0 Å². The van der Waals surface area contributed by atoms with E-state index in [0.29, 0.717) is 147 Å². The number of carbonyl (C=O) groups is 4. The van der Waals surface area contributed by atoms with Gasteiger partial charge in [-0.25, -0.2) is 38.9 Å². The maximum atomic E-state index is 12.8. The topological polar surface area (TPSA) is 528 Å². The molecule has 16 aromatic heterocycles. The Bertz CT molecular complexity index is 9440. The predicted molar refractivity (Wildman–Crippen MR) is 509 cm³/mol. The summed E-state index contributed by atoms with van der Waals surface area (Å²) in [5.41, 5.74) is 7.33. The van der Waals surface area contributed by atoms with E-state index in [1.54, 1.807) is 140 Å². The summed E-state index contributed by atoms with van der Waals surface area (Å²) < 4.78 is 29.8. The highest BCUT2D eigenvalue weighted by Gasteiger charge is 2.36. The third-order valence-electron chi connectivity index (χ3n) is 24.5. The minimum absolute atomic E-state index is 0.00844. The minimum atomic E-state index is -1.21. The van der Waals surface area contributed by atoms with Crippen LogP contribution >= 0.6 is 11.6 Å². The molecule has 0 aliphatic carbocycles. The molecule has 2 aliphatic heterocycles. The van der Waals surface area contributed by atoms with Gasteiger partial charge in [0.1, 0.15) is 51.0 Å². The summed E-state index contributed by atoms with van der Waals surface area (Å²) in [5, 5.41) is 48.1. The average molecular weight is 1850 g/mol. The van der Waals surface area contributed by atoms with Gasteiger partial charge in [-0.1, -0.05) is 60.1 Å². The van der Waals surface area contributed by atoms with Crippen molar-refractivity contribution in [1.29, 1.82) is 0 Å². The van der Waals surface area contributed by atoms with Crippen molar-refractivity contribution in [2.75, 3.05) is 13.2 Å². The van der Waals surface area contributed by atoms with Gasteiger partial charge in [0.15, 0.2) is 5.65 Å². The molecule has 12 N–H and O–H groups in total. The second-order valence-corrected chi connectivity index (χ2v) is 32.5. The van der Waals surface area contributed by atoms with Gasteiger partial charge in [-0.15, -0.1) is 0 Å². The highest BCUT2D eigenvalue weighted by molar-refractivity contribution is 6.36. The zero-order valence-corrected chi connectivity index (χ0v) is 71.7. The Labute approximate surface area is 767 Å². The van der Waals surface area contributed by atoms with Crippen molar-refractivity contribution in [2.45, 2.75) is 39.0 Å². The number of rotatable bonds is 16. The van der Waals surface area contributed by atoms with E-state index in [4.69, 9.17) is 29.9 Å². The molecule has 6 aromatic carbocycles. The molecule has 0 radical (unpaired) electrons. The first-order chi connectivity index (χ1) is 66.5. The molecule has 2 aliphatic rings. The predicted octanol–water partition coefficient (Wildman–Crippen LogP) is 13.9. The Kier molecular flexibility index (Phi) is 21.2. The van der Waals surface area contributed by atoms with Crippen LogP contribution in [0.1, 0.15) is 75.5 Å². The average Bonchev–Trinajstić information content (AvgIpc) is 1.58. The Morgan fingerprint density at radius 1 is 0.394 bits per heavy atom. The minimum Gasteiger partial charge on any atom is -0.492 e. The molecule has 137 heavy (non-hydrogen) atoms. The van der Waals surface area contributed by atoms with E-state index in [1.807, 2.05) is 60.7 Å². The number of carboxylic acids is 4. The molecule has 36 nitrogen and oxygen atoms in total. The van der Waals surface area contributed by atoms with Gasteiger partial charge in [0.05, 0.1) is 133 Å². The van der Waals surface area contributed by atoms with E-state index in [2.05, 4.69) is 59.8 Å². The lowest BCUT2D eigenvalue weighted by Crippen LogP contribution is -2.18. The molecule has 24 rings (SSSR count). The molecule has 0 spiro atoms. The van der Waals surface area contributed by atoms with Crippen LogP contribution in [0.2, 0.25) is 5.02 Å². The van der Waals surface area contributed by atoms with Gasteiger partial charge in [-0.3, -0.25) is 33.6 Å². The zero-order chi connectivity index (χ0) is 94.5. The molecule has 674 valence electrons. The number of halogens is 1. The normalized spacial score (nSPS) is 12.1. The van der Waals surface area contributed by atoms with E-state index in [0.717, 1.165) is 32.8 Å². The third kappa shape index (κ3) is 14.6. The van der Waals surface area contributed by atoms with Crippen LogP contribution in [-0.4, -0.2) is 136 Å². The number of ether oxygens (including phenoxy) is 2. The maximum Gasteiger partial charge on any atom is 0.353 e. The van der Waals surface area contributed by atoms with Crippen LogP contribution in [0, 0.1) is 0 Å². The largest absolute Gasteiger partial charge is 0.492 e. The number of para-hydroxylation sites is 1. The van der Waals surface area contributed by atoms with Crippen molar-refractivity contribution >= 4 is 145 Å². The van der Waals surface area contributed by atoms with Crippen molar-refractivity contribution in [2.24, 2.45) is 0 Å². The number of furan rings is 2. The molecule has 0 saturated carbocycles. The number of benzene rings is 6. The number of aromatic amines is 8. The molecule has 37 heteroatoms. The summed E-state index contributed by atoms with van der Waals surface area (Å²) in [6, 6.07) is 49.0. The fourth-order valence-corrected chi connectivity index (χ4v) is 18.9. The van der Waals surface area contributed by atoms with Gasteiger partial charge in [0, 0.05) is 129 Å². The number of fused-ring (bicyclic) bond motifs is 16. The van der Waals surface area contributed by atoms with Crippen molar-refractivity contribution in [1.82, 2.24) is 78.1 Å². The second kappa shape index (κ2) is 34.1. The molecule has 0 saturated heterocycles. The third-order valence-corrected chi connectivity index (χ3v) is 24.9. The second-order valence-electron chi connectivity index (χ2n) is 32.1. The zero-order valence-electron chi connectivity index (χ0n) is 71.0. The van der Waals surface area contributed by atoms with E-state index >= 15 is 0 Å². The number of hydrogen-bond acceptors (Lipinski definition) is 20. The van der Waals surface area contributed by atoms with Gasteiger partial charge < -0.3 is 96.9 Å². The molecule has 0 bridgehead atoms. The number of nitrogens with one attached hydrogen (secondary N) is 8. The van der Waals surface area contributed by atoms with Crippen LogP contribution in [0.3, 0.4) is 0 Å². The van der Waals surface area contributed by atoms with Crippen molar-refractivity contribution in [3.8, 4) is 56.0 Å². The van der Waals surface area contributed by atoms with Crippen LogP contribution < -0.4 is 54.1 Å². The number of carboxylic acid groups (broad SMARTS) is 4. The van der Waals surface area contributed by atoms with E-state index in [1.165, 1.54) is 56.0 Å². The quantitative estimate of drug-likeness (QED) is 0.0427. The molecular weight excluding hydrogens is 1780 g/mol. The monoisotopic (exact) mass is 1850 g/mol. The first-order valence-electron chi connectivity index (χ1n) is 42.4. The van der Waals surface area contributed by atoms with Crippen molar-refractivity contribution < 1.29 is 57.9 Å². The van der Waals surface area contributed by atoms with Crippen molar-refractivity contribution in [3.63, 3.8) is 0 Å². The lowest BCUT2D eigenvalue weighted by atomic mass is 10.0. The molecule has 0 fully saturated rings. The fourth-order valence-electron chi connectivity index (χ4n) is 18.7. The SMILES string of the molecule is O=C(O)c1c(-c2ccc[nH]c2=O)c2c3c(ccc2n1Cc1c[nH]c(=O)c2ccccc12)CCO3.O=C(O)c1c(-c2ccc[nH]c2=O)c2c3c(ccc2n1Cc1cnc2c(=O)[nH]ccc2c1Cl)CCO3.O=C(O)c1c(-c2ccc[nH]c2=O)c2c3occc3ccc2n1Cc1[nH]c(=O)nc2ccccc12.O=C(O)c1c(-c2ccc[nH]c2=O)c2c3occc3ccc2n1Cc1cnc2nc[nH]c(=O)c2c1. The lowest BCUT2D eigenvalue weighted by molar-refractivity contribution is 0.0676. The van der Waals surface area contributed by atoms with Crippen LogP contribution in [0.5, 0.6) is 11.5 Å². The van der Waals surface area contributed by atoms with Crippen LogP contribution in [0.4, 0.5) is 0 Å². The van der Waals surface area contributed by atoms with Gasteiger partial charge >= 0.3 is 29.6 Å². The number of aromatic carboxylic acids is 4. The smallest absolute Gasteiger partial charge is 0.353 e. The molecule has 18 heterocycles. The van der Waals surface area contributed by atoms with E-state index < -0.39 is 46.2 Å². The molecular formula is C100H67ClN16O20. The molecule has 22 aromatic rings. The molecule has 0 unspecified atom stereocenters. The van der Waals surface area contributed by atoms with Gasteiger partial charge in [-0.05, 0) is 149 Å². The highest BCUT2D eigenvalue weighted by atomic mass is 35.5.